The Balaban J connectivity index is 1.91. The summed E-state index contributed by atoms with van der Waals surface area (Å²) in [6, 6.07) is 6.94. The molecule has 3 rings (SSSR count). The van der Waals surface area contributed by atoms with Gasteiger partial charge in [-0.1, -0.05) is 0 Å². The first-order valence-corrected chi connectivity index (χ1v) is 10.6. The van der Waals surface area contributed by atoms with Crippen LogP contribution < -0.4 is 11.1 Å². The number of aromatic nitrogens is 2. The minimum absolute atomic E-state index is 0.0813. The van der Waals surface area contributed by atoms with Crippen molar-refractivity contribution in [2.75, 3.05) is 19.0 Å². The molecule has 33 heavy (non-hydrogen) atoms. The van der Waals surface area contributed by atoms with Crippen LogP contribution >= 0.6 is 0 Å². The molecule has 0 radical (unpaired) electrons. The minimum atomic E-state index is -1.01. The van der Waals surface area contributed by atoms with Crippen LogP contribution in [-0.2, 0) is 4.74 Å². The standard InChI is InChI=1S/C22H27FN6O4/c1-13(33-2)19-11-14(8-10-28(19)22(31)32)18(7-9-24)29-12-17(20(25)30)21(27-29)26-16-5-3-15(23)4-6-16/h3-6,12-14,18-19H,7-8,10-11H2,1-2H3,(H2,25,30)(H,26,27)(H,31,32). The molecule has 0 spiro atoms. The number of nitrogens with zero attached hydrogens (tertiary/aromatic N) is 4. The Morgan fingerprint density at radius 3 is 2.70 bits per heavy atom. The summed E-state index contributed by atoms with van der Waals surface area (Å²) in [5.41, 5.74) is 6.19. The highest BCUT2D eigenvalue weighted by atomic mass is 19.1. The van der Waals surface area contributed by atoms with E-state index in [1.807, 2.05) is 6.92 Å². The highest BCUT2D eigenvalue weighted by molar-refractivity contribution is 5.98. The number of methoxy groups -OCH3 is 1. The lowest BCUT2D eigenvalue weighted by molar-refractivity contribution is -0.00758. The minimum Gasteiger partial charge on any atom is -0.465 e. The number of nitriles is 1. The van der Waals surface area contributed by atoms with Gasteiger partial charge in [0.1, 0.15) is 11.4 Å². The summed E-state index contributed by atoms with van der Waals surface area (Å²) in [4.78, 5) is 25.1. The van der Waals surface area contributed by atoms with Crippen molar-refractivity contribution in [3.8, 4) is 6.07 Å². The predicted molar refractivity (Wildman–Crippen MR) is 117 cm³/mol. The number of anilines is 2. The molecule has 0 aliphatic carbocycles. The largest absolute Gasteiger partial charge is 0.465 e. The van der Waals surface area contributed by atoms with Crippen LogP contribution in [-0.4, -0.2) is 57.6 Å². The molecule has 4 unspecified atom stereocenters. The molecule has 1 fully saturated rings. The topological polar surface area (TPSA) is 146 Å². The summed E-state index contributed by atoms with van der Waals surface area (Å²) < 4.78 is 20.2. The van der Waals surface area contributed by atoms with E-state index in [1.165, 1.54) is 42.5 Å². The fourth-order valence-corrected chi connectivity index (χ4v) is 4.29. The van der Waals surface area contributed by atoms with Crippen LogP contribution in [0.4, 0.5) is 20.7 Å². The molecule has 10 nitrogen and oxygen atoms in total. The van der Waals surface area contributed by atoms with E-state index in [1.54, 1.807) is 4.68 Å². The SMILES string of the molecule is COC(C)C1CC(C(CC#N)n2cc(C(N)=O)c(Nc3ccc(F)cc3)n2)CCN1C(=O)O. The Hall–Kier alpha value is -3.65. The van der Waals surface area contributed by atoms with Crippen LogP contribution in [0.15, 0.2) is 30.5 Å². The first-order valence-electron chi connectivity index (χ1n) is 10.6. The molecule has 0 bridgehead atoms. The van der Waals surface area contributed by atoms with Crippen LogP contribution in [0.5, 0.6) is 0 Å². The molecule has 2 heterocycles. The number of rotatable bonds is 8. The molecule has 2 aromatic rings. The second kappa shape index (κ2) is 10.3. The quantitative estimate of drug-likeness (QED) is 0.551. The van der Waals surface area contributed by atoms with Crippen molar-refractivity contribution in [1.82, 2.24) is 14.7 Å². The smallest absolute Gasteiger partial charge is 0.407 e. The number of amides is 2. The number of primary amides is 1. The molecule has 1 saturated heterocycles. The summed E-state index contributed by atoms with van der Waals surface area (Å²) in [6.45, 7) is 2.11. The number of piperidine rings is 1. The Labute approximate surface area is 190 Å². The summed E-state index contributed by atoms with van der Waals surface area (Å²) >= 11 is 0. The number of hydrogen-bond acceptors (Lipinski definition) is 6. The molecule has 2 amide bonds. The van der Waals surface area contributed by atoms with Crippen LogP contribution in [0.1, 0.15) is 42.6 Å². The number of ether oxygens (including phenoxy) is 1. The summed E-state index contributed by atoms with van der Waals surface area (Å²) in [7, 11) is 1.53. The number of hydrogen-bond donors (Lipinski definition) is 3. The zero-order valence-corrected chi connectivity index (χ0v) is 18.4. The first kappa shape index (κ1) is 24.0. The summed E-state index contributed by atoms with van der Waals surface area (Å²) in [5.74, 6) is -0.986. The number of carbonyl (C=O) groups is 2. The molecule has 1 aromatic carbocycles. The van der Waals surface area contributed by atoms with Crippen molar-refractivity contribution in [2.45, 2.75) is 44.4 Å². The molecule has 176 valence electrons. The maximum absolute atomic E-state index is 13.2. The molecular weight excluding hydrogens is 431 g/mol. The van der Waals surface area contributed by atoms with Crippen molar-refractivity contribution in [2.24, 2.45) is 11.7 Å². The van der Waals surface area contributed by atoms with Crippen molar-refractivity contribution >= 4 is 23.5 Å². The van der Waals surface area contributed by atoms with Crippen LogP contribution in [0, 0.1) is 23.1 Å². The number of carbonyl (C=O) groups excluding carboxylic acids is 1. The number of nitrogens with two attached hydrogens (primary N) is 1. The van der Waals surface area contributed by atoms with E-state index in [0.29, 0.717) is 25.1 Å². The van der Waals surface area contributed by atoms with E-state index in [9.17, 15) is 24.3 Å². The number of halogens is 1. The maximum atomic E-state index is 13.2. The van der Waals surface area contributed by atoms with Gasteiger partial charge in [0, 0.05) is 25.5 Å². The summed E-state index contributed by atoms with van der Waals surface area (Å²) in [5, 5.41) is 26.5. The molecular formula is C22H27FN6O4. The zero-order valence-electron chi connectivity index (χ0n) is 18.4. The van der Waals surface area contributed by atoms with Gasteiger partial charge in [-0.3, -0.25) is 9.48 Å². The Morgan fingerprint density at radius 1 is 1.42 bits per heavy atom. The average molecular weight is 458 g/mol. The van der Waals surface area contributed by atoms with Gasteiger partial charge in [-0.15, -0.1) is 0 Å². The second-order valence-electron chi connectivity index (χ2n) is 8.07. The predicted octanol–water partition coefficient (Wildman–Crippen LogP) is 3.11. The van der Waals surface area contributed by atoms with Gasteiger partial charge in [0.05, 0.1) is 30.7 Å². The molecule has 4 atom stereocenters. The van der Waals surface area contributed by atoms with E-state index in [4.69, 9.17) is 10.5 Å². The number of likely N-dealkylation sites (tertiary alicyclic amines) is 1. The van der Waals surface area contributed by atoms with Crippen LogP contribution in [0.2, 0.25) is 0 Å². The van der Waals surface area contributed by atoms with Gasteiger partial charge in [-0.25, -0.2) is 9.18 Å². The normalized spacial score (nSPS) is 20.0. The van der Waals surface area contributed by atoms with E-state index >= 15 is 0 Å². The fourth-order valence-electron chi connectivity index (χ4n) is 4.29. The third-order valence-electron chi connectivity index (χ3n) is 6.13. The van der Waals surface area contributed by atoms with Crippen molar-refractivity contribution < 1.29 is 23.8 Å². The van der Waals surface area contributed by atoms with Crippen molar-refractivity contribution in [3.05, 3.63) is 41.8 Å². The van der Waals surface area contributed by atoms with E-state index < -0.39 is 23.9 Å². The van der Waals surface area contributed by atoms with Gasteiger partial charge in [-0.05, 0) is 49.9 Å². The Bertz CT molecular complexity index is 1030. The first-order chi connectivity index (χ1) is 15.7. The Kier molecular flexibility index (Phi) is 7.50. The Morgan fingerprint density at radius 2 is 2.12 bits per heavy atom. The maximum Gasteiger partial charge on any atom is 0.407 e. The summed E-state index contributed by atoms with van der Waals surface area (Å²) in [6.07, 6.45) is 1.26. The highest BCUT2D eigenvalue weighted by Gasteiger charge is 2.39. The van der Waals surface area contributed by atoms with Gasteiger partial charge in [0.25, 0.3) is 5.91 Å². The van der Waals surface area contributed by atoms with Gasteiger partial charge >= 0.3 is 6.09 Å². The molecule has 0 saturated carbocycles. The molecule has 1 aliphatic rings. The highest BCUT2D eigenvalue weighted by Crippen LogP contribution is 2.36. The average Bonchev–Trinajstić information content (AvgIpc) is 3.21. The van der Waals surface area contributed by atoms with Crippen LogP contribution in [0.3, 0.4) is 0 Å². The second-order valence-corrected chi connectivity index (χ2v) is 8.07. The van der Waals surface area contributed by atoms with Gasteiger partial charge in [-0.2, -0.15) is 10.4 Å². The van der Waals surface area contributed by atoms with Gasteiger partial charge in [0.2, 0.25) is 0 Å². The van der Waals surface area contributed by atoms with E-state index in [2.05, 4.69) is 16.5 Å². The van der Waals surface area contributed by atoms with Gasteiger partial charge < -0.3 is 25.8 Å². The third kappa shape index (κ3) is 5.40. The zero-order chi connectivity index (χ0) is 24.1. The number of carboxylic acid groups (broad SMARTS) is 1. The third-order valence-corrected chi connectivity index (χ3v) is 6.13. The van der Waals surface area contributed by atoms with Crippen molar-refractivity contribution in [3.63, 3.8) is 0 Å². The molecule has 1 aromatic heterocycles. The number of benzene rings is 1. The lowest BCUT2D eigenvalue weighted by Crippen LogP contribution is -2.52. The lowest BCUT2D eigenvalue weighted by Gasteiger charge is -2.42. The molecule has 11 heteroatoms. The number of nitrogens with one attached hydrogen (secondary N) is 1. The monoisotopic (exact) mass is 458 g/mol. The van der Waals surface area contributed by atoms with E-state index in [-0.39, 0.29) is 35.9 Å². The fraction of sp³-hybridized carbons (Fsp3) is 0.455. The lowest BCUT2D eigenvalue weighted by atomic mass is 9.82. The van der Waals surface area contributed by atoms with Crippen molar-refractivity contribution in [1.29, 1.82) is 5.26 Å². The van der Waals surface area contributed by atoms with E-state index in [0.717, 1.165) is 0 Å². The molecule has 4 N–H and O–H groups in total. The van der Waals surface area contributed by atoms with Crippen LogP contribution in [0.25, 0.3) is 0 Å². The molecule has 1 aliphatic heterocycles. The van der Waals surface area contributed by atoms with Gasteiger partial charge in [0.15, 0.2) is 5.82 Å².